The first-order chi connectivity index (χ1) is 12.5. The molecule has 1 amide bonds. The molecule has 0 saturated heterocycles. The number of carbonyl (C=O) groups excluding carboxylic acids is 1. The zero-order chi connectivity index (χ0) is 18.7. The highest BCUT2D eigenvalue weighted by Gasteiger charge is 2.23. The van der Waals surface area contributed by atoms with Gasteiger partial charge in [0, 0.05) is 24.7 Å². The first kappa shape index (κ1) is 17.5. The van der Waals surface area contributed by atoms with Crippen LogP contribution in [0.1, 0.15) is 30.0 Å². The van der Waals surface area contributed by atoms with E-state index < -0.39 is 0 Å². The van der Waals surface area contributed by atoms with Gasteiger partial charge in [0.05, 0.1) is 28.9 Å². The lowest BCUT2D eigenvalue weighted by molar-refractivity contribution is 0.0746. The highest BCUT2D eigenvalue weighted by atomic mass is 16.2. The number of nitriles is 1. The molecule has 26 heavy (non-hydrogen) atoms. The van der Waals surface area contributed by atoms with Gasteiger partial charge in [0.2, 0.25) is 0 Å². The van der Waals surface area contributed by atoms with Crippen molar-refractivity contribution in [2.24, 2.45) is 5.92 Å². The van der Waals surface area contributed by atoms with Crippen LogP contribution in [0.2, 0.25) is 0 Å². The largest absolute Gasteiger partial charge is 0.336 e. The minimum Gasteiger partial charge on any atom is -0.336 e. The maximum atomic E-state index is 12.8. The Morgan fingerprint density at radius 1 is 1.38 bits per heavy atom. The molecule has 0 fully saturated rings. The lowest BCUT2D eigenvalue weighted by Gasteiger charge is -2.21. The van der Waals surface area contributed by atoms with Crippen molar-refractivity contribution in [3.8, 4) is 11.8 Å². The quantitative estimate of drug-likeness (QED) is 0.707. The fourth-order valence-electron chi connectivity index (χ4n) is 2.84. The predicted octanol–water partition coefficient (Wildman–Crippen LogP) is 2.75. The molecule has 3 aromatic rings. The summed E-state index contributed by atoms with van der Waals surface area (Å²) in [5, 5.41) is 18.3. The summed E-state index contributed by atoms with van der Waals surface area (Å²) in [7, 11) is 0. The number of hydrogen-bond donors (Lipinski definition) is 0. The third-order valence-electron chi connectivity index (χ3n) is 4.31. The van der Waals surface area contributed by atoms with Crippen LogP contribution >= 0.6 is 0 Å². The Balaban J connectivity index is 1.93. The van der Waals surface area contributed by atoms with Gasteiger partial charge in [0.15, 0.2) is 5.69 Å². The van der Waals surface area contributed by atoms with E-state index in [0.29, 0.717) is 24.5 Å². The van der Waals surface area contributed by atoms with E-state index in [2.05, 4.69) is 21.4 Å². The summed E-state index contributed by atoms with van der Waals surface area (Å²) < 4.78 is 1.65. The molecule has 132 valence electrons. The molecule has 3 rings (SSSR count). The molecule has 0 aliphatic heterocycles. The molecule has 0 N–H and O–H groups in total. The number of rotatable bonds is 5. The Morgan fingerprint density at radius 2 is 2.19 bits per heavy atom. The standard InChI is InChI=1S/C19H20N6O/c1-4-24(12-13(2)11-20)19(26)18-14(3)25(23-22-18)16-7-8-17-15(10-16)6-5-9-21-17/h5-10,13H,4,12H2,1-3H3/t13-/m1/s1. The van der Waals surface area contributed by atoms with Crippen LogP contribution in [-0.2, 0) is 0 Å². The van der Waals surface area contributed by atoms with E-state index in [1.165, 1.54) is 0 Å². The normalized spacial score (nSPS) is 11.9. The minimum atomic E-state index is -0.234. The number of benzene rings is 1. The summed E-state index contributed by atoms with van der Waals surface area (Å²) in [5.41, 5.74) is 2.69. The number of carbonyl (C=O) groups is 1. The van der Waals surface area contributed by atoms with E-state index in [0.717, 1.165) is 16.6 Å². The van der Waals surface area contributed by atoms with Crippen molar-refractivity contribution in [1.29, 1.82) is 5.26 Å². The second kappa shape index (κ2) is 7.31. The summed E-state index contributed by atoms with van der Waals surface area (Å²) in [6.07, 6.45) is 1.75. The monoisotopic (exact) mass is 348 g/mol. The van der Waals surface area contributed by atoms with Crippen LogP contribution in [-0.4, -0.2) is 43.9 Å². The van der Waals surface area contributed by atoms with Gasteiger partial charge in [-0.15, -0.1) is 5.10 Å². The topological polar surface area (TPSA) is 87.7 Å². The van der Waals surface area contributed by atoms with Gasteiger partial charge in [-0.25, -0.2) is 4.68 Å². The summed E-state index contributed by atoms with van der Waals surface area (Å²) >= 11 is 0. The van der Waals surface area contributed by atoms with Crippen molar-refractivity contribution in [2.45, 2.75) is 20.8 Å². The molecule has 7 nitrogen and oxygen atoms in total. The lowest BCUT2D eigenvalue weighted by Crippen LogP contribution is -2.35. The smallest absolute Gasteiger partial charge is 0.276 e. The molecule has 2 aromatic heterocycles. The Morgan fingerprint density at radius 3 is 2.92 bits per heavy atom. The van der Waals surface area contributed by atoms with Crippen LogP contribution < -0.4 is 0 Å². The van der Waals surface area contributed by atoms with E-state index in [-0.39, 0.29) is 11.8 Å². The van der Waals surface area contributed by atoms with Crippen molar-refractivity contribution >= 4 is 16.8 Å². The molecule has 1 aromatic carbocycles. The van der Waals surface area contributed by atoms with Crippen LogP contribution in [0.3, 0.4) is 0 Å². The molecule has 0 aliphatic carbocycles. The Bertz CT molecular complexity index is 987. The summed E-state index contributed by atoms with van der Waals surface area (Å²) in [6.45, 7) is 6.39. The van der Waals surface area contributed by atoms with Crippen LogP contribution in [0.15, 0.2) is 36.5 Å². The zero-order valence-electron chi connectivity index (χ0n) is 15.0. The maximum Gasteiger partial charge on any atom is 0.276 e. The van der Waals surface area contributed by atoms with Gasteiger partial charge in [-0.05, 0) is 45.0 Å². The average molecular weight is 348 g/mol. The van der Waals surface area contributed by atoms with Gasteiger partial charge in [-0.2, -0.15) is 5.26 Å². The number of fused-ring (bicyclic) bond motifs is 1. The first-order valence-corrected chi connectivity index (χ1v) is 8.51. The first-order valence-electron chi connectivity index (χ1n) is 8.51. The third-order valence-corrected chi connectivity index (χ3v) is 4.31. The minimum absolute atomic E-state index is 0.208. The fourth-order valence-corrected chi connectivity index (χ4v) is 2.84. The Hall–Kier alpha value is -3.27. The molecule has 2 heterocycles. The zero-order valence-corrected chi connectivity index (χ0v) is 15.0. The number of amides is 1. The molecule has 0 spiro atoms. The predicted molar refractivity (Wildman–Crippen MR) is 97.8 cm³/mol. The van der Waals surface area contributed by atoms with Crippen LogP contribution in [0.5, 0.6) is 0 Å². The molecular weight excluding hydrogens is 328 g/mol. The van der Waals surface area contributed by atoms with E-state index >= 15 is 0 Å². The van der Waals surface area contributed by atoms with Gasteiger partial charge in [0.1, 0.15) is 0 Å². The second-order valence-electron chi connectivity index (χ2n) is 6.19. The van der Waals surface area contributed by atoms with Crippen molar-refractivity contribution < 1.29 is 4.79 Å². The van der Waals surface area contributed by atoms with Crippen LogP contribution in [0, 0.1) is 24.2 Å². The molecule has 7 heteroatoms. The number of nitrogens with zero attached hydrogens (tertiary/aromatic N) is 6. The Kier molecular flexibility index (Phi) is 4.94. The van der Waals surface area contributed by atoms with E-state index in [9.17, 15) is 4.79 Å². The second-order valence-corrected chi connectivity index (χ2v) is 6.19. The Labute approximate surface area is 151 Å². The average Bonchev–Trinajstić information content (AvgIpc) is 3.06. The van der Waals surface area contributed by atoms with Crippen molar-refractivity contribution in [2.75, 3.05) is 13.1 Å². The van der Waals surface area contributed by atoms with Gasteiger partial charge < -0.3 is 4.90 Å². The molecule has 0 aliphatic rings. The molecule has 0 unspecified atom stereocenters. The SMILES string of the molecule is CCN(C[C@H](C)C#N)C(=O)c1nnn(-c2ccc3ncccc3c2)c1C. The molecule has 0 saturated carbocycles. The molecule has 1 atom stereocenters. The molecule has 0 radical (unpaired) electrons. The van der Waals surface area contributed by atoms with Gasteiger partial charge in [-0.1, -0.05) is 11.3 Å². The maximum absolute atomic E-state index is 12.8. The van der Waals surface area contributed by atoms with Crippen molar-refractivity contribution in [1.82, 2.24) is 24.9 Å². The molecular formula is C19H20N6O. The summed E-state index contributed by atoms with van der Waals surface area (Å²) in [4.78, 5) is 18.7. The van der Waals surface area contributed by atoms with E-state index in [1.54, 1.807) is 22.7 Å². The van der Waals surface area contributed by atoms with Gasteiger partial charge in [-0.3, -0.25) is 9.78 Å². The number of pyridine rings is 1. The van der Waals surface area contributed by atoms with Crippen molar-refractivity contribution in [3.63, 3.8) is 0 Å². The highest BCUT2D eigenvalue weighted by Crippen LogP contribution is 2.19. The van der Waals surface area contributed by atoms with Crippen LogP contribution in [0.4, 0.5) is 0 Å². The van der Waals surface area contributed by atoms with E-state index in [4.69, 9.17) is 5.26 Å². The van der Waals surface area contributed by atoms with Crippen LogP contribution in [0.25, 0.3) is 16.6 Å². The van der Waals surface area contributed by atoms with Gasteiger partial charge >= 0.3 is 0 Å². The lowest BCUT2D eigenvalue weighted by atomic mass is 10.1. The highest BCUT2D eigenvalue weighted by molar-refractivity contribution is 5.93. The molecule has 0 bridgehead atoms. The summed E-state index contributed by atoms with van der Waals surface area (Å²) in [5.74, 6) is -0.442. The van der Waals surface area contributed by atoms with E-state index in [1.807, 2.05) is 44.2 Å². The van der Waals surface area contributed by atoms with Crippen molar-refractivity contribution in [3.05, 3.63) is 47.9 Å². The number of hydrogen-bond acceptors (Lipinski definition) is 5. The third kappa shape index (κ3) is 3.26. The summed E-state index contributed by atoms with van der Waals surface area (Å²) in [6, 6.07) is 11.8. The number of aromatic nitrogens is 4. The van der Waals surface area contributed by atoms with Gasteiger partial charge in [0.25, 0.3) is 5.91 Å². The fraction of sp³-hybridized carbons (Fsp3) is 0.316.